The normalized spacial score (nSPS) is 26.0. The summed E-state index contributed by atoms with van der Waals surface area (Å²) in [5.74, 6) is 0.858. The largest absolute Gasteiger partial charge is 0.496 e. The maximum absolute atomic E-state index is 12.9. The zero-order chi connectivity index (χ0) is 19.6. The molecule has 1 unspecified atom stereocenters. The Morgan fingerprint density at radius 1 is 1.21 bits per heavy atom. The maximum atomic E-state index is 12.9. The van der Waals surface area contributed by atoms with Crippen LogP contribution in [0.3, 0.4) is 0 Å². The van der Waals surface area contributed by atoms with Gasteiger partial charge in [0.2, 0.25) is 0 Å². The lowest BCUT2D eigenvalue weighted by atomic mass is 9.64. The van der Waals surface area contributed by atoms with Crippen LogP contribution in [0.4, 0.5) is 0 Å². The highest BCUT2D eigenvalue weighted by molar-refractivity contribution is 5.97. The Morgan fingerprint density at radius 2 is 1.96 bits per heavy atom. The van der Waals surface area contributed by atoms with Crippen molar-refractivity contribution in [2.75, 3.05) is 13.7 Å². The Kier molecular flexibility index (Phi) is 5.07. The minimum Gasteiger partial charge on any atom is -0.496 e. The van der Waals surface area contributed by atoms with Crippen molar-refractivity contribution in [2.24, 2.45) is 11.1 Å². The van der Waals surface area contributed by atoms with E-state index < -0.39 is 0 Å². The van der Waals surface area contributed by atoms with Crippen LogP contribution in [0.25, 0.3) is 0 Å². The predicted octanol–water partition coefficient (Wildman–Crippen LogP) is 3.94. The van der Waals surface area contributed by atoms with Gasteiger partial charge in [-0.15, -0.1) is 0 Å². The average Bonchev–Trinajstić information content (AvgIpc) is 3.12. The molecule has 28 heavy (non-hydrogen) atoms. The number of benzene rings is 2. The minimum absolute atomic E-state index is 0.0807. The third-order valence-electron chi connectivity index (χ3n) is 6.17. The first kappa shape index (κ1) is 18.5. The van der Waals surface area contributed by atoms with Crippen molar-refractivity contribution < 1.29 is 14.4 Å². The fourth-order valence-electron chi connectivity index (χ4n) is 4.55. The van der Waals surface area contributed by atoms with Crippen molar-refractivity contribution >= 4 is 11.6 Å². The number of rotatable bonds is 5. The second-order valence-electron chi connectivity index (χ2n) is 7.76. The van der Waals surface area contributed by atoms with E-state index in [0.29, 0.717) is 23.8 Å². The number of hydrogen-bond acceptors (Lipinski definition) is 4. The number of para-hydroxylation sites is 1. The Hall–Kier alpha value is -2.82. The first-order chi connectivity index (χ1) is 13.6. The van der Waals surface area contributed by atoms with E-state index in [9.17, 15) is 4.79 Å². The highest BCUT2D eigenvalue weighted by Gasteiger charge is 2.46. The van der Waals surface area contributed by atoms with Crippen LogP contribution in [-0.4, -0.2) is 31.4 Å². The number of methoxy groups -OCH3 is 1. The molecule has 1 saturated carbocycles. The van der Waals surface area contributed by atoms with Gasteiger partial charge in [-0.2, -0.15) is 0 Å². The van der Waals surface area contributed by atoms with Crippen molar-refractivity contribution in [3.8, 4) is 5.75 Å². The van der Waals surface area contributed by atoms with Crippen molar-refractivity contribution in [3.05, 3.63) is 65.7 Å². The molecular weight excluding hydrogens is 352 g/mol. The van der Waals surface area contributed by atoms with Crippen LogP contribution >= 0.6 is 0 Å². The zero-order valence-corrected chi connectivity index (χ0v) is 16.4. The molecular formula is C23H26N2O3. The van der Waals surface area contributed by atoms with Crippen molar-refractivity contribution in [3.63, 3.8) is 0 Å². The van der Waals surface area contributed by atoms with E-state index in [2.05, 4.69) is 34.7 Å². The second kappa shape index (κ2) is 7.66. The molecule has 1 amide bonds. The quantitative estimate of drug-likeness (QED) is 0.857. The number of oxime groups is 1. The van der Waals surface area contributed by atoms with Gasteiger partial charge in [-0.1, -0.05) is 47.6 Å². The number of nitrogens with zero attached hydrogens (tertiary/aromatic N) is 1. The van der Waals surface area contributed by atoms with Gasteiger partial charge in [-0.05, 0) is 43.9 Å². The third-order valence-corrected chi connectivity index (χ3v) is 6.17. The van der Waals surface area contributed by atoms with E-state index in [1.807, 2.05) is 25.1 Å². The maximum Gasteiger partial charge on any atom is 0.255 e. The first-order valence-corrected chi connectivity index (χ1v) is 9.80. The molecule has 0 spiro atoms. The summed E-state index contributed by atoms with van der Waals surface area (Å²) in [6.07, 6.45) is 2.92. The van der Waals surface area contributed by atoms with Crippen molar-refractivity contribution in [2.45, 2.75) is 37.7 Å². The molecule has 5 heteroatoms. The lowest BCUT2D eigenvalue weighted by Crippen LogP contribution is -2.48. The van der Waals surface area contributed by atoms with Crippen LogP contribution in [0.15, 0.2) is 59.8 Å². The van der Waals surface area contributed by atoms with E-state index in [0.717, 1.165) is 25.0 Å². The average molecular weight is 378 g/mol. The van der Waals surface area contributed by atoms with E-state index in [1.54, 1.807) is 19.2 Å². The van der Waals surface area contributed by atoms with Gasteiger partial charge in [0, 0.05) is 17.9 Å². The molecule has 2 aliphatic rings. The molecule has 0 saturated heterocycles. The summed E-state index contributed by atoms with van der Waals surface area (Å²) in [5.41, 5.74) is 2.71. The molecule has 1 N–H and O–H groups in total. The number of hydrogen-bond donors (Lipinski definition) is 1. The van der Waals surface area contributed by atoms with Gasteiger partial charge in [0.1, 0.15) is 11.9 Å². The van der Waals surface area contributed by atoms with Gasteiger partial charge in [-0.25, -0.2) is 0 Å². The second-order valence-corrected chi connectivity index (χ2v) is 7.76. The predicted molar refractivity (Wildman–Crippen MR) is 109 cm³/mol. The smallest absolute Gasteiger partial charge is 0.255 e. The van der Waals surface area contributed by atoms with Gasteiger partial charge >= 0.3 is 0 Å². The molecule has 1 aliphatic carbocycles. The van der Waals surface area contributed by atoms with Gasteiger partial charge in [0.15, 0.2) is 0 Å². The molecule has 1 heterocycles. The Balaban J connectivity index is 1.56. The van der Waals surface area contributed by atoms with Gasteiger partial charge in [0.05, 0.1) is 18.4 Å². The monoisotopic (exact) mass is 378 g/mol. The molecule has 5 nitrogen and oxygen atoms in total. The zero-order valence-electron chi connectivity index (χ0n) is 16.4. The molecule has 0 aromatic heterocycles. The number of amides is 1. The van der Waals surface area contributed by atoms with E-state index in [1.165, 1.54) is 5.56 Å². The molecule has 2 aromatic rings. The van der Waals surface area contributed by atoms with Crippen LogP contribution in [0, 0.1) is 5.92 Å². The summed E-state index contributed by atoms with van der Waals surface area (Å²) < 4.78 is 5.34. The summed E-state index contributed by atoms with van der Waals surface area (Å²) in [6.45, 7) is 2.60. The first-order valence-electron chi connectivity index (χ1n) is 9.80. The number of fused-ring (bicyclic) bond motifs is 1. The summed E-state index contributed by atoms with van der Waals surface area (Å²) in [7, 11) is 1.58. The number of ether oxygens (including phenoxy) is 1. The molecule has 1 aliphatic heterocycles. The number of carbonyl (C=O) groups is 1. The molecule has 3 atom stereocenters. The number of carbonyl (C=O) groups excluding carboxylic acids is 1. The Bertz CT molecular complexity index is 880. The van der Waals surface area contributed by atoms with Gasteiger partial charge < -0.3 is 14.9 Å². The summed E-state index contributed by atoms with van der Waals surface area (Å²) in [6, 6.07) is 17.7. The van der Waals surface area contributed by atoms with E-state index >= 15 is 0 Å². The van der Waals surface area contributed by atoms with Crippen LogP contribution in [-0.2, 0) is 10.3 Å². The molecule has 1 fully saturated rings. The summed E-state index contributed by atoms with van der Waals surface area (Å²) in [4.78, 5) is 18.6. The third kappa shape index (κ3) is 3.37. The van der Waals surface area contributed by atoms with Gasteiger partial charge in [0.25, 0.3) is 5.91 Å². The fourth-order valence-corrected chi connectivity index (χ4v) is 4.55. The van der Waals surface area contributed by atoms with Crippen LogP contribution in [0.5, 0.6) is 5.75 Å². The van der Waals surface area contributed by atoms with Crippen molar-refractivity contribution in [1.82, 2.24) is 5.32 Å². The molecule has 2 aromatic carbocycles. The van der Waals surface area contributed by atoms with Gasteiger partial charge in [-0.3, -0.25) is 4.79 Å². The van der Waals surface area contributed by atoms with Crippen LogP contribution in [0.1, 0.15) is 42.1 Å². The molecule has 0 radical (unpaired) electrons. The lowest BCUT2D eigenvalue weighted by molar-refractivity contribution is 0.0121. The van der Waals surface area contributed by atoms with E-state index in [4.69, 9.17) is 9.57 Å². The van der Waals surface area contributed by atoms with Crippen LogP contribution in [0.2, 0.25) is 0 Å². The summed E-state index contributed by atoms with van der Waals surface area (Å²) in [5, 5.41) is 7.38. The Labute approximate surface area is 165 Å². The highest BCUT2D eigenvalue weighted by Crippen LogP contribution is 2.44. The highest BCUT2D eigenvalue weighted by atomic mass is 16.6. The molecule has 146 valence electrons. The fraction of sp³-hybridized carbons (Fsp3) is 0.391. The summed E-state index contributed by atoms with van der Waals surface area (Å²) >= 11 is 0. The molecule has 0 bridgehead atoms. The lowest BCUT2D eigenvalue weighted by Gasteiger charge is -2.42. The topological polar surface area (TPSA) is 59.9 Å². The standard InChI is InChI=1S/C23H26N2O3/c1-16-18-12-13-23(14-21(18)28-25-16,17-8-4-3-5-9-17)15-24-22(26)19-10-6-7-11-20(19)27-2/h3-11,18,21H,12-15H2,1-2H3,(H,24,26)/t18?,21-,23+/m0/s1. The van der Waals surface area contributed by atoms with E-state index in [-0.39, 0.29) is 17.4 Å². The van der Waals surface area contributed by atoms with Crippen molar-refractivity contribution in [1.29, 1.82) is 0 Å². The SMILES string of the molecule is COc1ccccc1C(=O)NC[C@@]1(c2ccccc2)CCC2C(C)=NO[C@H]2C1. The van der Waals surface area contributed by atoms with Crippen LogP contribution < -0.4 is 10.1 Å². The number of nitrogens with one attached hydrogen (secondary N) is 1. The minimum atomic E-state index is -0.166. The molecule has 4 rings (SSSR count). The Morgan fingerprint density at radius 3 is 2.75 bits per heavy atom.